The monoisotopic (exact) mass is 286 g/mol. The van der Waals surface area contributed by atoms with E-state index in [2.05, 4.69) is 0 Å². The van der Waals surface area contributed by atoms with Crippen molar-refractivity contribution in [3.8, 4) is 0 Å². The van der Waals surface area contributed by atoms with Gasteiger partial charge in [-0.1, -0.05) is 24.6 Å². The number of aliphatic carboxylic acids is 1. The fourth-order valence-electron chi connectivity index (χ4n) is 2.01. The number of hydrogen-bond donors (Lipinski definition) is 1. The summed E-state index contributed by atoms with van der Waals surface area (Å²) in [6.07, 6.45) is 1.25. The number of rotatable bonds is 3. The first kappa shape index (κ1) is 13.1. The van der Waals surface area contributed by atoms with Crippen molar-refractivity contribution in [1.82, 2.24) is 0 Å². The van der Waals surface area contributed by atoms with Gasteiger partial charge in [0.05, 0.1) is 16.2 Å². The molecule has 2 rings (SSSR count). The van der Waals surface area contributed by atoms with E-state index in [4.69, 9.17) is 16.7 Å². The third-order valence-electron chi connectivity index (χ3n) is 2.87. The Morgan fingerprint density at radius 1 is 1.44 bits per heavy atom. The zero-order valence-electron chi connectivity index (χ0n) is 9.55. The van der Waals surface area contributed by atoms with E-state index in [0.29, 0.717) is 10.6 Å². The van der Waals surface area contributed by atoms with Crippen molar-refractivity contribution in [2.24, 2.45) is 5.92 Å². The van der Waals surface area contributed by atoms with Crippen molar-refractivity contribution in [3.05, 3.63) is 33.7 Å². The molecule has 0 bridgehead atoms. The maximum atomic E-state index is 12.2. The van der Waals surface area contributed by atoms with E-state index in [1.807, 2.05) is 0 Å². The molecule has 1 aromatic rings. The number of allylic oxidation sites excluding steroid dienone is 1. The Kier molecular flexibility index (Phi) is 3.21. The summed E-state index contributed by atoms with van der Waals surface area (Å²) in [6, 6.07) is 4.65. The van der Waals surface area contributed by atoms with Gasteiger partial charge in [0, 0.05) is 16.5 Å². The van der Waals surface area contributed by atoms with Gasteiger partial charge >= 0.3 is 5.97 Å². The Morgan fingerprint density at radius 2 is 2.11 bits per heavy atom. The number of carbonyl (C=O) groups is 1. The fourth-order valence-corrected chi connectivity index (χ4v) is 4.15. The highest BCUT2D eigenvalue weighted by Crippen LogP contribution is 2.40. The zero-order chi connectivity index (χ0) is 13.5. The Balaban J connectivity index is 2.51. The van der Waals surface area contributed by atoms with Crippen molar-refractivity contribution in [1.29, 1.82) is 0 Å². The second kappa shape index (κ2) is 4.40. The third-order valence-corrected chi connectivity index (χ3v) is 5.27. The highest BCUT2D eigenvalue weighted by Gasteiger charge is 2.34. The van der Waals surface area contributed by atoms with Crippen LogP contribution >= 0.6 is 11.6 Å². The Hall–Kier alpha value is -1.33. The van der Waals surface area contributed by atoms with Crippen LogP contribution in [0.1, 0.15) is 18.9 Å². The van der Waals surface area contributed by atoms with E-state index in [1.54, 1.807) is 19.1 Å². The van der Waals surface area contributed by atoms with Crippen LogP contribution in [0, 0.1) is 5.92 Å². The predicted octanol–water partition coefficient (Wildman–Crippen LogP) is 2.58. The molecule has 1 N–H and O–H groups in total. The number of fused-ring (bicyclic) bond motifs is 1. The lowest BCUT2D eigenvalue weighted by molar-refractivity contribution is -0.137. The van der Waals surface area contributed by atoms with Gasteiger partial charge in [-0.15, -0.1) is 0 Å². The van der Waals surface area contributed by atoms with Gasteiger partial charge in [-0.2, -0.15) is 0 Å². The van der Waals surface area contributed by atoms with Gasteiger partial charge < -0.3 is 5.11 Å². The van der Waals surface area contributed by atoms with Crippen LogP contribution < -0.4 is 0 Å². The number of carboxylic acids is 1. The molecular weight excluding hydrogens is 276 g/mol. The number of benzene rings is 1. The highest BCUT2D eigenvalue weighted by molar-refractivity contribution is 7.95. The second-order valence-electron chi connectivity index (χ2n) is 4.20. The first-order valence-corrected chi connectivity index (χ1v) is 7.17. The topological polar surface area (TPSA) is 71.4 Å². The molecule has 0 amide bonds. The van der Waals surface area contributed by atoms with Gasteiger partial charge in [-0.05, 0) is 18.2 Å². The molecule has 96 valence electrons. The van der Waals surface area contributed by atoms with E-state index in [0.717, 1.165) is 0 Å². The lowest BCUT2D eigenvalue weighted by atomic mass is 10.1. The molecule has 0 saturated heterocycles. The minimum atomic E-state index is -3.60. The molecule has 1 heterocycles. The van der Waals surface area contributed by atoms with Crippen LogP contribution in [0.15, 0.2) is 28.0 Å². The molecule has 1 aliphatic heterocycles. The highest BCUT2D eigenvalue weighted by atomic mass is 35.5. The summed E-state index contributed by atoms with van der Waals surface area (Å²) in [6.45, 7) is 1.58. The van der Waals surface area contributed by atoms with E-state index in [1.165, 1.54) is 12.1 Å². The number of sulfone groups is 1. The molecule has 1 atom stereocenters. The smallest absolute Gasteiger partial charge is 0.303 e. The fraction of sp³-hybridized carbons (Fsp3) is 0.250. The maximum absolute atomic E-state index is 12.2. The summed E-state index contributed by atoms with van der Waals surface area (Å²) in [5.74, 6) is -1.60. The summed E-state index contributed by atoms with van der Waals surface area (Å²) in [7, 11) is -3.60. The minimum Gasteiger partial charge on any atom is -0.481 e. The Bertz CT molecular complexity index is 646. The molecule has 18 heavy (non-hydrogen) atoms. The molecule has 0 aromatic heterocycles. The van der Waals surface area contributed by atoms with Crippen LogP contribution in [0.5, 0.6) is 0 Å². The normalized spacial score (nSPS) is 18.0. The van der Waals surface area contributed by atoms with Gasteiger partial charge in [0.25, 0.3) is 0 Å². The quantitative estimate of drug-likeness (QED) is 0.927. The third kappa shape index (κ3) is 2.04. The lowest BCUT2D eigenvalue weighted by Gasteiger charge is -2.10. The largest absolute Gasteiger partial charge is 0.481 e. The molecule has 0 aliphatic carbocycles. The lowest BCUT2D eigenvalue weighted by Crippen LogP contribution is -2.12. The van der Waals surface area contributed by atoms with E-state index in [9.17, 15) is 13.2 Å². The van der Waals surface area contributed by atoms with Crippen LogP contribution in [-0.4, -0.2) is 19.5 Å². The first-order valence-electron chi connectivity index (χ1n) is 5.31. The van der Waals surface area contributed by atoms with Crippen molar-refractivity contribution >= 4 is 33.5 Å². The van der Waals surface area contributed by atoms with E-state index < -0.39 is 21.7 Å². The zero-order valence-corrected chi connectivity index (χ0v) is 11.1. The Labute approximate surface area is 110 Å². The van der Waals surface area contributed by atoms with Crippen LogP contribution in [-0.2, 0) is 14.6 Å². The summed E-state index contributed by atoms with van der Waals surface area (Å²) in [5.41, 5.74) is 0.450. The molecule has 0 fully saturated rings. The summed E-state index contributed by atoms with van der Waals surface area (Å²) in [5, 5.41) is 9.09. The van der Waals surface area contributed by atoms with Crippen LogP contribution in [0.2, 0.25) is 5.02 Å². The summed E-state index contributed by atoms with van der Waals surface area (Å²) >= 11 is 5.95. The molecular formula is C12H11ClO4S. The second-order valence-corrected chi connectivity index (χ2v) is 6.53. The molecule has 1 aromatic carbocycles. The van der Waals surface area contributed by atoms with Crippen molar-refractivity contribution < 1.29 is 18.3 Å². The van der Waals surface area contributed by atoms with Crippen LogP contribution in [0.3, 0.4) is 0 Å². The predicted molar refractivity (Wildman–Crippen MR) is 68.0 cm³/mol. The maximum Gasteiger partial charge on any atom is 0.303 e. The summed E-state index contributed by atoms with van der Waals surface area (Å²) < 4.78 is 24.5. The van der Waals surface area contributed by atoms with Crippen molar-refractivity contribution in [3.63, 3.8) is 0 Å². The molecule has 4 nitrogen and oxygen atoms in total. The summed E-state index contributed by atoms with van der Waals surface area (Å²) in [4.78, 5) is 10.9. The standard InChI is InChI=1S/C12H11ClO4S/c1-7(5-12(14)15)11-6-8-9(13)3-2-4-10(8)18(11,16)17/h2-4,6-7H,5H2,1H3,(H,14,15). The SMILES string of the molecule is CC(CC(=O)O)C1=Cc2c(Cl)cccc2S1(=O)=O. The number of carboxylic acid groups (broad SMARTS) is 1. The first-order chi connectivity index (χ1) is 8.34. The average Bonchev–Trinajstić information content (AvgIpc) is 2.51. The molecule has 6 heteroatoms. The van der Waals surface area contributed by atoms with E-state index in [-0.39, 0.29) is 16.2 Å². The van der Waals surface area contributed by atoms with Gasteiger partial charge in [0.1, 0.15) is 0 Å². The molecule has 1 aliphatic rings. The van der Waals surface area contributed by atoms with Gasteiger partial charge in [-0.3, -0.25) is 4.79 Å². The number of hydrogen-bond acceptors (Lipinski definition) is 3. The van der Waals surface area contributed by atoms with Crippen molar-refractivity contribution in [2.75, 3.05) is 0 Å². The van der Waals surface area contributed by atoms with Gasteiger partial charge in [0.2, 0.25) is 9.84 Å². The van der Waals surface area contributed by atoms with Crippen molar-refractivity contribution in [2.45, 2.75) is 18.2 Å². The van der Waals surface area contributed by atoms with Gasteiger partial charge in [-0.25, -0.2) is 8.42 Å². The minimum absolute atomic E-state index is 0.119. The average molecular weight is 287 g/mol. The Morgan fingerprint density at radius 3 is 2.67 bits per heavy atom. The number of halogens is 1. The molecule has 0 saturated carbocycles. The van der Waals surface area contributed by atoms with E-state index >= 15 is 0 Å². The molecule has 0 spiro atoms. The van der Waals surface area contributed by atoms with Crippen LogP contribution in [0.4, 0.5) is 0 Å². The molecule has 1 unspecified atom stereocenters. The molecule has 0 radical (unpaired) electrons. The van der Waals surface area contributed by atoms with Crippen LogP contribution in [0.25, 0.3) is 6.08 Å². The van der Waals surface area contributed by atoms with Gasteiger partial charge in [0.15, 0.2) is 0 Å².